The van der Waals surface area contributed by atoms with Crippen LogP contribution in [0.5, 0.6) is 5.88 Å². The number of oxazole rings is 1. The van der Waals surface area contributed by atoms with Crippen LogP contribution in [0, 0.1) is 0 Å². The van der Waals surface area contributed by atoms with E-state index >= 15 is 0 Å². The molecule has 2 aromatic heterocycles. The van der Waals surface area contributed by atoms with Crippen molar-refractivity contribution in [3.05, 3.63) is 54.0 Å². The zero-order valence-corrected chi connectivity index (χ0v) is 14.5. The number of halogens is 1. The molecule has 1 fully saturated rings. The molecule has 1 saturated heterocycles. The van der Waals surface area contributed by atoms with Crippen LogP contribution in [0.2, 0.25) is 0 Å². The van der Waals surface area contributed by atoms with E-state index in [-0.39, 0.29) is 6.61 Å². The van der Waals surface area contributed by atoms with E-state index in [9.17, 15) is 4.39 Å². The molecule has 0 bridgehead atoms. The number of nitrogens with zero attached hydrogens (tertiary/aromatic N) is 3. The highest BCUT2D eigenvalue weighted by atomic mass is 19.1. The maximum atomic E-state index is 14.3. The molecular formula is C19H20FN3O3. The van der Waals surface area contributed by atoms with E-state index in [4.69, 9.17) is 13.9 Å². The topological polar surface area (TPSA) is 60.6 Å². The largest absolute Gasteiger partial charge is 0.481 e. The molecule has 4 rings (SSSR count). The van der Waals surface area contributed by atoms with E-state index in [0.29, 0.717) is 37.0 Å². The number of pyridine rings is 1. The highest BCUT2D eigenvalue weighted by molar-refractivity contribution is 5.72. The molecule has 0 saturated carbocycles. The van der Waals surface area contributed by atoms with Gasteiger partial charge in [-0.05, 0) is 18.2 Å². The molecule has 0 amide bonds. The summed E-state index contributed by atoms with van der Waals surface area (Å²) >= 11 is 0. The first-order chi connectivity index (χ1) is 12.7. The molecule has 0 N–H and O–H groups in total. The van der Waals surface area contributed by atoms with Gasteiger partial charge in [-0.3, -0.25) is 4.90 Å². The first-order valence-corrected chi connectivity index (χ1v) is 8.53. The fourth-order valence-corrected chi connectivity index (χ4v) is 3.14. The average molecular weight is 357 g/mol. The van der Waals surface area contributed by atoms with Crippen LogP contribution in [0.4, 0.5) is 4.39 Å². The molecule has 1 aromatic carbocycles. The summed E-state index contributed by atoms with van der Waals surface area (Å²) in [5, 5.41) is 0. The number of aromatic nitrogens is 2. The molecule has 26 heavy (non-hydrogen) atoms. The van der Waals surface area contributed by atoms with E-state index in [0.717, 1.165) is 11.2 Å². The van der Waals surface area contributed by atoms with Crippen molar-refractivity contribution in [2.45, 2.75) is 25.4 Å². The second kappa shape index (κ2) is 7.39. The number of fused-ring (bicyclic) bond motifs is 1. The summed E-state index contributed by atoms with van der Waals surface area (Å²) in [7, 11) is 1.58. The van der Waals surface area contributed by atoms with Crippen LogP contribution >= 0.6 is 0 Å². The Labute approximate surface area is 150 Å². The third kappa shape index (κ3) is 3.68. The fourth-order valence-electron chi connectivity index (χ4n) is 3.14. The summed E-state index contributed by atoms with van der Waals surface area (Å²) in [6.07, 6.45) is -1.55. The molecule has 0 radical (unpaired) electrons. The molecule has 3 aromatic rings. The van der Waals surface area contributed by atoms with Crippen LogP contribution in [0.15, 0.2) is 46.9 Å². The lowest BCUT2D eigenvalue weighted by Gasteiger charge is -2.15. The van der Waals surface area contributed by atoms with Crippen molar-refractivity contribution in [1.29, 1.82) is 0 Å². The Morgan fingerprint density at radius 3 is 2.88 bits per heavy atom. The summed E-state index contributed by atoms with van der Waals surface area (Å²) in [5.41, 5.74) is 2.33. The van der Waals surface area contributed by atoms with Crippen molar-refractivity contribution in [3.63, 3.8) is 0 Å². The van der Waals surface area contributed by atoms with Crippen molar-refractivity contribution in [3.8, 4) is 5.88 Å². The highest BCUT2D eigenvalue weighted by Gasteiger charge is 2.34. The lowest BCUT2D eigenvalue weighted by atomic mass is 10.3. The lowest BCUT2D eigenvalue weighted by Crippen LogP contribution is -2.24. The summed E-state index contributed by atoms with van der Waals surface area (Å²) in [5.74, 6) is 1.02. The monoisotopic (exact) mass is 357 g/mol. The van der Waals surface area contributed by atoms with Gasteiger partial charge in [0.1, 0.15) is 24.4 Å². The number of likely N-dealkylation sites (tertiary alicyclic amines) is 1. The number of ether oxygens (including phenoxy) is 2. The van der Waals surface area contributed by atoms with Crippen LogP contribution in [0.1, 0.15) is 11.6 Å². The number of rotatable bonds is 6. The Morgan fingerprint density at radius 1 is 1.15 bits per heavy atom. The highest BCUT2D eigenvalue weighted by Crippen LogP contribution is 2.22. The van der Waals surface area contributed by atoms with Crippen LogP contribution in [-0.2, 0) is 17.9 Å². The quantitative estimate of drug-likeness (QED) is 0.676. The van der Waals surface area contributed by atoms with E-state index in [1.54, 1.807) is 13.2 Å². The van der Waals surface area contributed by atoms with Gasteiger partial charge in [-0.15, -0.1) is 0 Å². The van der Waals surface area contributed by atoms with Gasteiger partial charge in [-0.1, -0.05) is 18.2 Å². The minimum absolute atomic E-state index is 0.158. The van der Waals surface area contributed by atoms with Crippen molar-refractivity contribution in [2.75, 3.05) is 20.2 Å². The van der Waals surface area contributed by atoms with Gasteiger partial charge in [0.25, 0.3) is 0 Å². The van der Waals surface area contributed by atoms with Crippen LogP contribution in [0.25, 0.3) is 11.1 Å². The van der Waals surface area contributed by atoms with Crippen molar-refractivity contribution >= 4 is 11.1 Å². The van der Waals surface area contributed by atoms with Gasteiger partial charge in [0.05, 0.1) is 12.8 Å². The fraction of sp³-hybridized carbons (Fsp3) is 0.368. The molecule has 7 heteroatoms. The minimum atomic E-state index is -1.05. The van der Waals surface area contributed by atoms with Gasteiger partial charge in [0.2, 0.25) is 11.8 Å². The Kier molecular flexibility index (Phi) is 4.81. The predicted octanol–water partition coefficient (Wildman–Crippen LogP) is 2.97. The van der Waals surface area contributed by atoms with E-state index < -0.39 is 12.3 Å². The molecular weight excluding hydrogens is 337 g/mol. The molecule has 1 aliphatic heterocycles. The summed E-state index contributed by atoms with van der Waals surface area (Å²) < 4.78 is 30.8. The number of methoxy groups -OCH3 is 1. The first kappa shape index (κ1) is 16.9. The van der Waals surface area contributed by atoms with Gasteiger partial charge in [0.15, 0.2) is 5.58 Å². The van der Waals surface area contributed by atoms with Crippen LogP contribution in [-0.4, -0.2) is 47.3 Å². The SMILES string of the molecule is COc1cccc(CN2CC(F)C(OCc3nc4ccccc4o3)C2)n1. The predicted molar refractivity (Wildman–Crippen MR) is 93.5 cm³/mol. The molecule has 136 valence electrons. The minimum Gasteiger partial charge on any atom is -0.481 e. The van der Waals surface area contributed by atoms with Gasteiger partial charge in [-0.25, -0.2) is 14.4 Å². The molecule has 3 heterocycles. The van der Waals surface area contributed by atoms with Crippen molar-refractivity contribution < 1.29 is 18.3 Å². The van der Waals surface area contributed by atoms with Crippen molar-refractivity contribution in [2.24, 2.45) is 0 Å². The van der Waals surface area contributed by atoms with Crippen molar-refractivity contribution in [1.82, 2.24) is 14.9 Å². The molecule has 0 spiro atoms. The number of hydrogen-bond acceptors (Lipinski definition) is 6. The third-order valence-corrected chi connectivity index (χ3v) is 4.41. The maximum Gasteiger partial charge on any atom is 0.221 e. The second-order valence-corrected chi connectivity index (χ2v) is 6.31. The Hall–Kier alpha value is -2.51. The van der Waals surface area contributed by atoms with E-state index in [1.807, 2.05) is 41.3 Å². The summed E-state index contributed by atoms with van der Waals surface area (Å²) in [4.78, 5) is 10.7. The third-order valence-electron chi connectivity index (χ3n) is 4.41. The van der Waals surface area contributed by atoms with E-state index in [1.165, 1.54) is 0 Å². The molecule has 6 nitrogen and oxygen atoms in total. The number of hydrogen-bond donors (Lipinski definition) is 0. The Morgan fingerprint density at radius 2 is 2.04 bits per heavy atom. The number of alkyl halides is 1. The Balaban J connectivity index is 1.34. The number of benzene rings is 1. The zero-order chi connectivity index (χ0) is 17.9. The molecule has 2 atom stereocenters. The van der Waals surface area contributed by atoms with E-state index in [2.05, 4.69) is 9.97 Å². The van der Waals surface area contributed by atoms with Gasteiger partial charge >= 0.3 is 0 Å². The Bertz CT molecular complexity index is 852. The molecule has 1 aliphatic rings. The molecule has 0 aliphatic carbocycles. The van der Waals surface area contributed by atoms with Gasteiger partial charge < -0.3 is 13.9 Å². The summed E-state index contributed by atoms with van der Waals surface area (Å²) in [6.45, 7) is 1.53. The standard InChI is InChI=1S/C19H20FN3O3/c1-24-18-8-4-5-13(21-18)9-23-10-14(20)17(11-23)25-12-19-22-15-6-2-3-7-16(15)26-19/h2-8,14,17H,9-12H2,1H3. The maximum absolute atomic E-state index is 14.3. The van der Waals surface area contributed by atoms with Crippen LogP contribution in [0.3, 0.4) is 0 Å². The summed E-state index contributed by atoms with van der Waals surface area (Å²) in [6, 6.07) is 13.1. The number of para-hydroxylation sites is 2. The smallest absolute Gasteiger partial charge is 0.221 e. The van der Waals surface area contributed by atoms with Gasteiger partial charge in [0, 0.05) is 25.7 Å². The molecule has 2 unspecified atom stereocenters. The first-order valence-electron chi connectivity index (χ1n) is 8.53. The normalized spacial score (nSPS) is 20.7. The zero-order valence-electron chi connectivity index (χ0n) is 14.5. The van der Waals surface area contributed by atoms with Gasteiger partial charge in [-0.2, -0.15) is 0 Å². The average Bonchev–Trinajstić information content (AvgIpc) is 3.22. The van der Waals surface area contributed by atoms with Crippen LogP contribution < -0.4 is 4.74 Å². The second-order valence-electron chi connectivity index (χ2n) is 6.31. The lowest BCUT2D eigenvalue weighted by molar-refractivity contribution is 0.00236.